The van der Waals surface area contributed by atoms with Crippen molar-refractivity contribution >= 4 is 40.7 Å². The molecule has 11 heteroatoms. The third-order valence-corrected chi connectivity index (χ3v) is 8.49. The Morgan fingerprint density at radius 1 is 0.911 bits per heavy atom. The molecule has 2 aliphatic rings. The van der Waals surface area contributed by atoms with Crippen molar-refractivity contribution in [1.82, 2.24) is 0 Å². The number of hydrogen-bond acceptors (Lipinski definition) is 10. The first-order valence-electron chi connectivity index (χ1n) is 14.4. The molecule has 0 saturated carbocycles. The summed E-state index contributed by atoms with van der Waals surface area (Å²) in [5, 5.41) is 15.2. The minimum Gasteiger partial charge on any atom is -0.378 e. The van der Waals surface area contributed by atoms with E-state index < -0.39 is 22.7 Å². The van der Waals surface area contributed by atoms with Gasteiger partial charge in [-0.1, -0.05) is 23.0 Å². The summed E-state index contributed by atoms with van der Waals surface area (Å²) in [6.07, 6.45) is 2.99. The number of rotatable bonds is 10. The first-order valence-corrected chi connectivity index (χ1v) is 15.2. The van der Waals surface area contributed by atoms with E-state index in [1.54, 1.807) is 49.4 Å². The van der Waals surface area contributed by atoms with Gasteiger partial charge in [-0.25, -0.2) is 4.79 Å². The van der Waals surface area contributed by atoms with E-state index in [-0.39, 0.29) is 17.9 Å². The number of Topliss-reactive ketones (excluding diaryl/α,β-unsaturated/α-hetero) is 1. The molecule has 45 heavy (non-hydrogen) atoms. The molecule has 3 aromatic rings. The Hall–Kier alpha value is -4.87. The molecule has 0 spiro atoms. The second kappa shape index (κ2) is 14.3. The summed E-state index contributed by atoms with van der Waals surface area (Å²) in [6.45, 7) is 5.94. The second-order valence-corrected chi connectivity index (χ2v) is 11.7. The van der Waals surface area contributed by atoms with Gasteiger partial charge >= 0.3 is 5.97 Å². The van der Waals surface area contributed by atoms with Crippen LogP contribution in [-0.2, 0) is 14.4 Å². The van der Waals surface area contributed by atoms with Gasteiger partial charge in [0, 0.05) is 63.5 Å². The maximum Gasteiger partial charge on any atom is 0.332 e. The highest BCUT2D eigenvalue weighted by Crippen LogP contribution is 2.30. The highest BCUT2D eigenvalue weighted by atomic mass is 32.2. The fourth-order valence-corrected chi connectivity index (χ4v) is 5.82. The van der Waals surface area contributed by atoms with Crippen molar-refractivity contribution in [1.29, 1.82) is 0 Å². The third-order valence-electron chi connectivity index (χ3n) is 7.47. The first kappa shape index (κ1) is 31.6. The van der Waals surface area contributed by atoms with Crippen LogP contribution in [0.4, 0.5) is 5.69 Å². The summed E-state index contributed by atoms with van der Waals surface area (Å²) in [6, 6.07) is 20.8. The number of carbonyl (C=O) groups is 3. The quantitative estimate of drug-likeness (QED) is 0.0885. The number of ketones is 2. The summed E-state index contributed by atoms with van der Waals surface area (Å²) in [7, 11) is 0. The predicted molar refractivity (Wildman–Crippen MR) is 171 cm³/mol. The number of hydrogen-bond donors (Lipinski definition) is 0. The fraction of sp³-hybridized carbons (Fsp3) is 0.235. The lowest BCUT2D eigenvalue weighted by molar-refractivity contribution is -0.508. The van der Waals surface area contributed by atoms with Crippen molar-refractivity contribution in [3.63, 3.8) is 0 Å². The van der Waals surface area contributed by atoms with Gasteiger partial charge in [0.25, 0.3) is 0 Å². The number of oxime groups is 1. The zero-order valence-corrected chi connectivity index (χ0v) is 25.6. The van der Waals surface area contributed by atoms with Crippen LogP contribution in [0, 0.1) is 10.1 Å². The summed E-state index contributed by atoms with van der Waals surface area (Å²) in [4.78, 5) is 57.8. The zero-order valence-electron chi connectivity index (χ0n) is 24.8. The highest BCUT2D eigenvalue weighted by Gasteiger charge is 2.30. The molecule has 1 saturated heterocycles. The summed E-state index contributed by atoms with van der Waals surface area (Å²) < 4.78 is 5.41. The molecule has 10 nitrogen and oxygen atoms in total. The van der Waals surface area contributed by atoms with Crippen molar-refractivity contribution in [2.75, 3.05) is 31.2 Å². The molecule has 1 fully saturated rings. The van der Waals surface area contributed by atoms with Gasteiger partial charge in [-0.3, -0.25) is 19.7 Å². The van der Waals surface area contributed by atoms with Gasteiger partial charge in [0.05, 0.1) is 13.2 Å². The molecular weight excluding hydrogens is 594 g/mol. The number of morpholine rings is 1. The average molecular weight is 626 g/mol. The van der Waals surface area contributed by atoms with Gasteiger partial charge in [0.15, 0.2) is 11.5 Å². The number of ether oxygens (including phenoxy) is 1. The van der Waals surface area contributed by atoms with E-state index in [9.17, 15) is 24.5 Å². The summed E-state index contributed by atoms with van der Waals surface area (Å²) in [5.41, 5.74) is 3.41. The molecule has 3 aromatic carbocycles. The summed E-state index contributed by atoms with van der Waals surface area (Å²) in [5.74, 6) is -1.28. The van der Waals surface area contributed by atoms with Crippen molar-refractivity contribution in [3.05, 3.63) is 123 Å². The molecule has 0 amide bonds. The lowest BCUT2D eigenvalue weighted by atomic mass is 9.89. The Labute approximate surface area is 264 Å². The van der Waals surface area contributed by atoms with Crippen LogP contribution in [0.3, 0.4) is 0 Å². The smallest absolute Gasteiger partial charge is 0.332 e. The third kappa shape index (κ3) is 7.81. The van der Waals surface area contributed by atoms with Gasteiger partial charge < -0.3 is 14.5 Å². The van der Waals surface area contributed by atoms with Crippen LogP contribution < -0.4 is 4.90 Å². The van der Waals surface area contributed by atoms with E-state index in [1.165, 1.54) is 17.8 Å². The molecule has 0 radical (unpaired) electrons. The molecule has 230 valence electrons. The first-order chi connectivity index (χ1) is 21.7. The van der Waals surface area contributed by atoms with E-state index in [2.05, 4.69) is 10.1 Å². The van der Waals surface area contributed by atoms with Crippen LogP contribution in [0.5, 0.6) is 0 Å². The van der Waals surface area contributed by atoms with E-state index in [1.807, 2.05) is 36.4 Å². The van der Waals surface area contributed by atoms with Crippen molar-refractivity contribution in [2.24, 2.45) is 5.16 Å². The van der Waals surface area contributed by atoms with E-state index in [0.29, 0.717) is 41.1 Å². The maximum atomic E-state index is 13.5. The lowest BCUT2D eigenvalue weighted by Crippen LogP contribution is -2.36. The number of carbonyl (C=O) groups excluding carboxylic acids is 3. The van der Waals surface area contributed by atoms with Crippen LogP contribution in [-0.4, -0.2) is 60.5 Å². The van der Waals surface area contributed by atoms with Gasteiger partial charge in [-0.15, -0.1) is 0 Å². The average Bonchev–Trinajstić information content (AvgIpc) is 3.06. The van der Waals surface area contributed by atoms with Gasteiger partial charge in [0.1, 0.15) is 0 Å². The van der Waals surface area contributed by atoms with Crippen LogP contribution in [0.25, 0.3) is 0 Å². The van der Waals surface area contributed by atoms with Gasteiger partial charge in [0.2, 0.25) is 11.8 Å². The molecular formula is C34H31N3O7S. The topological polar surface area (TPSA) is 128 Å². The van der Waals surface area contributed by atoms with Crippen molar-refractivity contribution < 1.29 is 28.9 Å². The fourth-order valence-electron chi connectivity index (χ4n) is 5.00. The van der Waals surface area contributed by atoms with Crippen LogP contribution in [0.1, 0.15) is 46.5 Å². The standard InChI is InChI=1S/C34H31N3O7S/c1-22-3-10-28(37(41)42)21-31(22)32(35-44-23(2)38)34(40)26-8-15-30(16-9-26)45-29-13-6-25(7-14-29)33(39)24-4-11-27(12-5-24)36-17-19-43-20-18-36/h3-16,28H,17-21H2,1-2H3/b35-32+. The number of nitro groups is 1. The van der Waals surface area contributed by atoms with Crippen LogP contribution in [0.15, 0.2) is 111 Å². The number of benzene rings is 3. The second-order valence-electron chi connectivity index (χ2n) is 10.6. The van der Waals surface area contributed by atoms with E-state index >= 15 is 0 Å². The normalized spacial score (nSPS) is 16.8. The molecule has 1 atom stereocenters. The predicted octanol–water partition coefficient (Wildman–Crippen LogP) is 5.93. The molecule has 0 N–H and O–H groups in total. The molecule has 1 aliphatic heterocycles. The zero-order chi connectivity index (χ0) is 31.9. The minimum atomic E-state index is -1.01. The Balaban J connectivity index is 1.25. The monoisotopic (exact) mass is 625 g/mol. The molecule has 1 heterocycles. The maximum absolute atomic E-state index is 13.5. The molecule has 1 unspecified atom stereocenters. The number of allylic oxidation sites excluding steroid dienone is 2. The molecule has 0 aromatic heterocycles. The highest BCUT2D eigenvalue weighted by molar-refractivity contribution is 7.99. The largest absolute Gasteiger partial charge is 0.378 e. The lowest BCUT2D eigenvalue weighted by Gasteiger charge is -2.28. The Bertz CT molecular complexity index is 1690. The molecule has 5 rings (SSSR count). The van der Waals surface area contributed by atoms with Crippen LogP contribution >= 0.6 is 11.8 Å². The van der Waals surface area contributed by atoms with Crippen molar-refractivity contribution in [3.8, 4) is 0 Å². The Kier molecular flexibility index (Phi) is 10.0. The SMILES string of the molecule is CC(=O)O/N=C(/C(=O)c1ccc(Sc2ccc(C(=O)c3ccc(N4CCOCC4)cc3)cc2)cc1)C1=C(C)C=CC([N+](=O)[O-])C1. The number of nitrogens with zero attached hydrogens (tertiary/aromatic N) is 3. The van der Waals surface area contributed by atoms with E-state index in [4.69, 9.17) is 9.57 Å². The minimum absolute atomic E-state index is 0.0483. The summed E-state index contributed by atoms with van der Waals surface area (Å²) >= 11 is 1.47. The van der Waals surface area contributed by atoms with Crippen LogP contribution in [0.2, 0.25) is 0 Å². The van der Waals surface area contributed by atoms with E-state index in [0.717, 1.165) is 35.5 Å². The van der Waals surface area contributed by atoms with Gasteiger partial charge in [-0.05, 0) is 96.9 Å². The number of anilines is 1. The van der Waals surface area contributed by atoms with Crippen molar-refractivity contribution in [2.45, 2.75) is 36.1 Å². The molecule has 0 bridgehead atoms. The van der Waals surface area contributed by atoms with Gasteiger partial charge in [-0.2, -0.15) is 0 Å². The Morgan fingerprint density at radius 2 is 1.47 bits per heavy atom. The Morgan fingerprint density at radius 3 is 2.02 bits per heavy atom. The molecule has 1 aliphatic carbocycles.